The summed E-state index contributed by atoms with van der Waals surface area (Å²) in [6.07, 6.45) is 8.46. The van der Waals surface area contributed by atoms with Crippen LogP contribution in [0.3, 0.4) is 0 Å². The third-order valence-corrected chi connectivity index (χ3v) is 6.95. The first kappa shape index (κ1) is 22.6. The van der Waals surface area contributed by atoms with Gasteiger partial charge in [-0.2, -0.15) is 0 Å². The highest BCUT2D eigenvalue weighted by Crippen LogP contribution is 2.31. The fourth-order valence-electron chi connectivity index (χ4n) is 4.78. The largest absolute Gasteiger partial charge is 0.461 e. The Morgan fingerprint density at radius 2 is 1.73 bits per heavy atom. The van der Waals surface area contributed by atoms with Gasteiger partial charge in [0, 0.05) is 18.7 Å². The number of ketones is 1. The number of carbonyl (C=O) groups is 3. The zero-order chi connectivity index (χ0) is 21.7. The van der Waals surface area contributed by atoms with E-state index in [4.69, 9.17) is 4.74 Å². The van der Waals surface area contributed by atoms with Crippen molar-refractivity contribution in [3.8, 4) is 0 Å². The lowest BCUT2D eigenvalue weighted by atomic mass is 9.80. The summed E-state index contributed by atoms with van der Waals surface area (Å²) >= 11 is 0. The number of carbonyl (C=O) groups excluding carboxylic acids is 3. The third-order valence-electron chi connectivity index (χ3n) is 6.95. The topological polar surface area (TPSA) is 77.4 Å². The highest BCUT2D eigenvalue weighted by atomic mass is 16.5. The van der Waals surface area contributed by atoms with Crippen LogP contribution in [-0.2, 0) is 27.8 Å². The number of rotatable bonds is 7. The Labute approximate surface area is 179 Å². The molecule has 166 valence electrons. The van der Waals surface area contributed by atoms with Gasteiger partial charge in [0.15, 0.2) is 5.78 Å². The molecule has 2 aliphatic carbocycles. The lowest BCUT2D eigenvalue weighted by molar-refractivity contribution is -0.153. The van der Waals surface area contributed by atoms with E-state index in [1.54, 1.807) is 0 Å². The van der Waals surface area contributed by atoms with Crippen LogP contribution < -0.4 is 5.32 Å². The number of hydrogen-bond donors (Lipinski definition) is 1. The van der Waals surface area contributed by atoms with Gasteiger partial charge in [0.2, 0.25) is 5.91 Å². The number of nitrogens with zero attached hydrogens (tertiary/aromatic N) is 1. The molecule has 3 rings (SSSR count). The van der Waals surface area contributed by atoms with Crippen molar-refractivity contribution < 1.29 is 19.1 Å². The molecule has 2 atom stereocenters. The summed E-state index contributed by atoms with van der Waals surface area (Å²) in [5.74, 6) is 0.737. The van der Waals surface area contributed by atoms with Gasteiger partial charge in [-0.1, -0.05) is 33.1 Å². The molecule has 1 heterocycles. The van der Waals surface area contributed by atoms with Crippen molar-refractivity contribution in [1.82, 2.24) is 9.88 Å². The molecule has 2 fully saturated rings. The quantitative estimate of drug-likeness (QED) is 0.542. The Morgan fingerprint density at radius 3 is 2.43 bits per heavy atom. The van der Waals surface area contributed by atoms with Crippen molar-refractivity contribution in [2.75, 3.05) is 6.54 Å². The maximum absolute atomic E-state index is 12.9. The highest BCUT2D eigenvalue weighted by molar-refractivity contribution is 5.97. The van der Waals surface area contributed by atoms with Crippen LogP contribution in [0.1, 0.15) is 81.4 Å². The van der Waals surface area contributed by atoms with Crippen molar-refractivity contribution in [1.29, 1.82) is 0 Å². The number of nitrogens with one attached hydrogen (secondary N) is 1. The van der Waals surface area contributed by atoms with E-state index in [-0.39, 0.29) is 42.6 Å². The Balaban J connectivity index is 1.47. The summed E-state index contributed by atoms with van der Waals surface area (Å²) in [5, 5.41) is 2.66. The van der Waals surface area contributed by atoms with E-state index < -0.39 is 0 Å². The predicted molar refractivity (Wildman–Crippen MR) is 115 cm³/mol. The summed E-state index contributed by atoms with van der Waals surface area (Å²) in [6, 6.07) is 3.65. The van der Waals surface area contributed by atoms with Crippen molar-refractivity contribution in [2.45, 2.75) is 77.7 Å². The van der Waals surface area contributed by atoms with E-state index in [0.29, 0.717) is 17.5 Å². The summed E-state index contributed by atoms with van der Waals surface area (Å²) in [7, 11) is 1.83. The fourth-order valence-corrected chi connectivity index (χ4v) is 4.78. The molecule has 0 aromatic carbocycles. The zero-order valence-electron chi connectivity index (χ0n) is 18.6. The van der Waals surface area contributed by atoms with Crippen molar-refractivity contribution in [2.24, 2.45) is 24.8 Å². The van der Waals surface area contributed by atoms with Crippen LogP contribution in [0.15, 0.2) is 12.1 Å². The van der Waals surface area contributed by atoms with Crippen LogP contribution in [-0.4, -0.2) is 34.9 Å². The second-order valence-corrected chi connectivity index (χ2v) is 9.33. The number of hydrogen-bond acceptors (Lipinski definition) is 4. The minimum atomic E-state index is -0.378. The molecule has 0 aliphatic heterocycles. The van der Waals surface area contributed by atoms with Crippen molar-refractivity contribution >= 4 is 17.7 Å². The van der Waals surface area contributed by atoms with E-state index in [9.17, 15) is 14.4 Å². The second-order valence-electron chi connectivity index (χ2n) is 9.33. The van der Waals surface area contributed by atoms with Crippen LogP contribution in [0.5, 0.6) is 0 Å². The van der Waals surface area contributed by atoms with E-state index in [2.05, 4.69) is 19.2 Å². The van der Waals surface area contributed by atoms with Gasteiger partial charge in [0.25, 0.3) is 0 Å². The molecule has 0 spiro atoms. The molecule has 1 aromatic rings. The molecule has 0 bridgehead atoms. The number of aromatic nitrogens is 1. The lowest BCUT2D eigenvalue weighted by Gasteiger charge is -2.28. The number of esters is 1. The molecule has 0 saturated heterocycles. The number of ether oxygens (including phenoxy) is 1. The van der Waals surface area contributed by atoms with Gasteiger partial charge in [-0.25, -0.2) is 0 Å². The predicted octanol–water partition coefficient (Wildman–Crippen LogP) is 3.81. The van der Waals surface area contributed by atoms with Gasteiger partial charge in [0.1, 0.15) is 12.6 Å². The molecule has 6 nitrogen and oxygen atoms in total. The summed E-state index contributed by atoms with van der Waals surface area (Å²) < 4.78 is 7.36. The summed E-state index contributed by atoms with van der Waals surface area (Å²) in [4.78, 5) is 37.3. The molecule has 1 N–H and O–H groups in total. The number of amides is 1. The van der Waals surface area contributed by atoms with Crippen LogP contribution >= 0.6 is 0 Å². The van der Waals surface area contributed by atoms with E-state index in [0.717, 1.165) is 50.6 Å². The molecule has 2 unspecified atom stereocenters. The molecule has 6 heteroatoms. The Morgan fingerprint density at radius 1 is 1.03 bits per heavy atom. The van der Waals surface area contributed by atoms with E-state index >= 15 is 0 Å². The van der Waals surface area contributed by atoms with Crippen molar-refractivity contribution in [3.05, 3.63) is 23.5 Å². The minimum Gasteiger partial charge on any atom is -0.461 e. The average molecular weight is 417 g/mol. The van der Waals surface area contributed by atoms with Crippen molar-refractivity contribution in [3.63, 3.8) is 0 Å². The van der Waals surface area contributed by atoms with E-state index in [1.807, 2.05) is 23.7 Å². The van der Waals surface area contributed by atoms with Gasteiger partial charge >= 0.3 is 5.97 Å². The van der Waals surface area contributed by atoms with Gasteiger partial charge in [-0.05, 0) is 56.1 Å². The monoisotopic (exact) mass is 416 g/mol. The zero-order valence-corrected chi connectivity index (χ0v) is 18.6. The van der Waals surface area contributed by atoms with Crippen LogP contribution in [0, 0.1) is 17.8 Å². The molecule has 1 aromatic heterocycles. The Hall–Kier alpha value is -2.11. The highest BCUT2D eigenvalue weighted by Gasteiger charge is 2.28. The second kappa shape index (κ2) is 10.3. The smallest absolute Gasteiger partial charge is 0.325 e. The lowest BCUT2D eigenvalue weighted by Crippen LogP contribution is -2.36. The van der Waals surface area contributed by atoms with Gasteiger partial charge in [0.05, 0.1) is 12.1 Å². The molecular weight excluding hydrogens is 380 g/mol. The normalized spacial score (nSPS) is 26.8. The molecular formula is C24H36N2O4. The van der Waals surface area contributed by atoms with Crippen LogP contribution in [0.2, 0.25) is 0 Å². The molecule has 2 aliphatic rings. The Kier molecular flexibility index (Phi) is 7.73. The molecule has 0 radical (unpaired) electrons. The molecule has 30 heavy (non-hydrogen) atoms. The molecule has 2 saturated carbocycles. The van der Waals surface area contributed by atoms with Crippen LogP contribution in [0.25, 0.3) is 0 Å². The minimum absolute atomic E-state index is 0.0348. The van der Waals surface area contributed by atoms with Gasteiger partial charge < -0.3 is 14.6 Å². The SMILES string of the molecule is CC1CCC(C(=O)c2ccc(CC(=O)NCC(=O)OC3CCCCC3C)n2C)CC1. The van der Waals surface area contributed by atoms with Gasteiger partial charge in [-0.15, -0.1) is 0 Å². The maximum atomic E-state index is 12.9. The first-order valence-corrected chi connectivity index (χ1v) is 11.5. The van der Waals surface area contributed by atoms with Gasteiger partial charge in [-0.3, -0.25) is 14.4 Å². The average Bonchev–Trinajstić information content (AvgIpc) is 3.08. The number of Topliss-reactive ketones (excluding diaryl/α,β-unsaturated/α-hetero) is 1. The van der Waals surface area contributed by atoms with Crippen LogP contribution in [0.4, 0.5) is 0 Å². The Bertz CT molecular complexity index is 761. The summed E-state index contributed by atoms with van der Waals surface area (Å²) in [6.45, 7) is 4.24. The summed E-state index contributed by atoms with van der Waals surface area (Å²) in [5.41, 5.74) is 1.44. The molecule has 1 amide bonds. The first-order valence-electron chi connectivity index (χ1n) is 11.5. The maximum Gasteiger partial charge on any atom is 0.325 e. The standard InChI is InChI=1S/C24H36N2O4/c1-16-8-10-18(11-9-16)24(29)20-13-12-19(26(20)3)14-22(27)25-15-23(28)30-21-7-5-4-6-17(21)2/h12-13,16-18,21H,4-11,14-15H2,1-3H3,(H,25,27). The third kappa shape index (κ3) is 5.73. The first-order chi connectivity index (χ1) is 14.3. The fraction of sp³-hybridized carbons (Fsp3) is 0.708. The van der Waals surface area contributed by atoms with E-state index in [1.165, 1.54) is 6.42 Å².